The molecule has 6 aliphatic rings. The SMILES string of the molecule is C=S1(=O)NC(=O)c2ccc3c(c2)N(C[C@@H]2CC[C@H]2[C@](O)(CN2CCC4(CC2)CCS(=O)(=O)C4)CCC[C@H](C)[C@H]1C)C[C@@]1(CCCc2cc(Cl)ccc21)CO3. The third-order valence-electron chi connectivity index (χ3n) is 14.7. The molecule has 2 saturated heterocycles. The van der Waals surface area contributed by atoms with Crippen LogP contribution in [-0.4, -0.2) is 96.1 Å². The molecule has 54 heavy (non-hydrogen) atoms. The number of nitrogens with zero attached hydrogens (tertiary/aromatic N) is 2. The number of aliphatic hydroxyl groups is 1. The van der Waals surface area contributed by atoms with Crippen molar-refractivity contribution in [3.05, 3.63) is 58.1 Å². The second kappa shape index (κ2) is 14.3. The van der Waals surface area contributed by atoms with Gasteiger partial charge in [0.1, 0.15) is 5.75 Å². The van der Waals surface area contributed by atoms with Crippen LogP contribution in [0, 0.1) is 23.2 Å². The maximum Gasteiger partial charge on any atom is 0.262 e. The van der Waals surface area contributed by atoms with Gasteiger partial charge in [0.2, 0.25) is 0 Å². The normalized spacial score (nSPS) is 36.7. The summed E-state index contributed by atoms with van der Waals surface area (Å²) < 4.78 is 48.4. The van der Waals surface area contributed by atoms with Crippen molar-refractivity contribution in [2.24, 2.45) is 23.2 Å². The lowest BCUT2D eigenvalue weighted by Crippen LogP contribution is -2.58. The zero-order chi connectivity index (χ0) is 38.1. The van der Waals surface area contributed by atoms with Gasteiger partial charge >= 0.3 is 0 Å². The van der Waals surface area contributed by atoms with E-state index in [1.807, 2.05) is 25.1 Å². The number of β-amino-alcohol motifs (C(OH)–C–C–N with tert-alkyl or cyclic N) is 1. The Balaban J connectivity index is 1.14. The summed E-state index contributed by atoms with van der Waals surface area (Å²) in [6, 6.07) is 11.8. The Morgan fingerprint density at radius 3 is 2.52 bits per heavy atom. The Morgan fingerprint density at radius 1 is 1.00 bits per heavy atom. The van der Waals surface area contributed by atoms with Gasteiger partial charge in [0.05, 0.1) is 39.1 Å². The molecule has 9 nitrogen and oxygen atoms in total. The van der Waals surface area contributed by atoms with E-state index in [9.17, 15) is 22.5 Å². The first-order chi connectivity index (χ1) is 25.6. The van der Waals surface area contributed by atoms with E-state index in [0.29, 0.717) is 43.2 Å². The number of amides is 1. The van der Waals surface area contributed by atoms with E-state index in [1.165, 1.54) is 11.1 Å². The van der Waals surface area contributed by atoms with Gasteiger partial charge in [-0.2, -0.15) is 0 Å². The van der Waals surface area contributed by atoms with Crippen LogP contribution in [0.5, 0.6) is 5.75 Å². The Bertz CT molecular complexity index is 2000. The number of halogens is 1. The molecule has 1 saturated carbocycles. The maximum absolute atomic E-state index is 14.0. The summed E-state index contributed by atoms with van der Waals surface area (Å²) in [6.07, 6.45) is 9.56. The Kier molecular flexibility index (Phi) is 10.2. The minimum atomic E-state index is -2.98. The van der Waals surface area contributed by atoms with Gasteiger partial charge < -0.3 is 19.6 Å². The van der Waals surface area contributed by atoms with E-state index in [4.69, 9.17) is 16.3 Å². The number of benzene rings is 2. The van der Waals surface area contributed by atoms with E-state index >= 15 is 0 Å². The number of fused-ring (bicyclic) bond motifs is 4. The Labute approximate surface area is 327 Å². The molecule has 0 aromatic heterocycles. The number of aryl methyl sites for hydroxylation is 1. The number of likely N-dealkylation sites (tertiary alicyclic amines) is 1. The van der Waals surface area contributed by atoms with Crippen LogP contribution in [0.2, 0.25) is 5.02 Å². The summed E-state index contributed by atoms with van der Waals surface area (Å²) in [5, 5.41) is 13.3. The summed E-state index contributed by atoms with van der Waals surface area (Å²) in [7, 11) is -5.95. The smallest absolute Gasteiger partial charge is 0.262 e. The van der Waals surface area contributed by atoms with Crippen LogP contribution in [0.4, 0.5) is 5.69 Å². The minimum absolute atomic E-state index is 0.0178. The van der Waals surface area contributed by atoms with Crippen molar-refractivity contribution < 1.29 is 27.3 Å². The van der Waals surface area contributed by atoms with Gasteiger partial charge in [0, 0.05) is 40.9 Å². The van der Waals surface area contributed by atoms with Crippen molar-refractivity contribution in [3.8, 4) is 5.75 Å². The number of piperidine rings is 1. The molecule has 3 fully saturated rings. The average molecular weight is 801 g/mol. The molecule has 7 atom stereocenters. The lowest BCUT2D eigenvalue weighted by Gasteiger charge is -2.52. The zero-order valence-electron chi connectivity index (χ0n) is 32.0. The first-order valence-corrected chi connectivity index (χ1v) is 24.2. The van der Waals surface area contributed by atoms with Crippen molar-refractivity contribution in [2.75, 3.05) is 55.7 Å². The number of anilines is 1. The quantitative estimate of drug-likeness (QED) is 0.354. The molecule has 1 amide bonds. The van der Waals surface area contributed by atoms with Crippen LogP contribution >= 0.6 is 11.6 Å². The lowest BCUT2D eigenvalue weighted by molar-refractivity contribution is -0.110. The van der Waals surface area contributed by atoms with Crippen LogP contribution in [0.25, 0.3) is 0 Å². The first kappa shape index (κ1) is 38.6. The molecule has 12 heteroatoms. The summed E-state index contributed by atoms with van der Waals surface area (Å²) in [5.41, 5.74) is 2.51. The van der Waals surface area contributed by atoms with Crippen LogP contribution in [0.1, 0.15) is 99.5 Å². The van der Waals surface area contributed by atoms with Crippen LogP contribution in [0.3, 0.4) is 0 Å². The number of hydrogen-bond donors (Lipinski definition) is 2. The average Bonchev–Trinajstić information content (AvgIpc) is 3.32. The van der Waals surface area contributed by atoms with Crippen LogP contribution in [-0.2, 0) is 31.4 Å². The second-order valence-electron chi connectivity index (χ2n) is 18.2. The topological polar surface area (TPSA) is 116 Å². The number of carbonyl (C=O) groups is 1. The largest absolute Gasteiger partial charge is 0.490 e. The fourth-order valence-electron chi connectivity index (χ4n) is 11.0. The standard InChI is InChI=1S/C42H58ClN3O6S2/c1-29-6-4-15-42(48,26-45-19-16-40(17-20-45)18-21-54(50,51)28-40)36-11-8-33(36)24-46-25-41(14-5-7-31-22-34(43)10-12-35(31)41)27-52-38-13-9-32(23-37(38)46)39(47)44-53(3,49)30(29)2/h9-10,12-13,22-23,29-30,33,36,48H,3-8,11,14-21,24-28H2,1-2H3,(H,44,47,49)/t29-,30+,33-,36+,41-,42+,53?/m0/s1. The van der Waals surface area contributed by atoms with E-state index in [2.05, 4.69) is 39.4 Å². The summed E-state index contributed by atoms with van der Waals surface area (Å²) in [5.74, 6) is 5.33. The molecule has 1 unspecified atom stereocenters. The van der Waals surface area contributed by atoms with Gasteiger partial charge in [0.25, 0.3) is 5.91 Å². The molecule has 2 bridgehead atoms. The Morgan fingerprint density at radius 2 is 1.80 bits per heavy atom. The predicted molar refractivity (Wildman–Crippen MR) is 218 cm³/mol. The summed E-state index contributed by atoms with van der Waals surface area (Å²) in [4.78, 5) is 18.6. The highest BCUT2D eigenvalue weighted by Crippen LogP contribution is 2.50. The molecule has 296 valence electrons. The van der Waals surface area contributed by atoms with Gasteiger partial charge in [-0.25, -0.2) is 12.6 Å². The van der Waals surface area contributed by atoms with Crippen molar-refractivity contribution >= 4 is 48.6 Å². The molecule has 2 N–H and O–H groups in total. The van der Waals surface area contributed by atoms with Crippen molar-refractivity contribution in [2.45, 2.75) is 101 Å². The zero-order valence-corrected chi connectivity index (χ0v) is 34.4. The molecule has 2 aromatic carbocycles. The number of ether oxygens (including phenoxy) is 1. The van der Waals surface area contributed by atoms with Gasteiger partial charge in [-0.05, 0) is 155 Å². The molecule has 2 aliphatic carbocycles. The lowest BCUT2D eigenvalue weighted by atomic mass is 9.62. The second-order valence-corrected chi connectivity index (χ2v) is 23.2. The van der Waals surface area contributed by atoms with E-state index < -0.39 is 31.1 Å². The van der Waals surface area contributed by atoms with Crippen molar-refractivity contribution in [3.63, 3.8) is 0 Å². The van der Waals surface area contributed by atoms with E-state index in [-0.39, 0.29) is 33.8 Å². The highest BCUT2D eigenvalue weighted by atomic mass is 35.5. The van der Waals surface area contributed by atoms with Gasteiger partial charge in [0.15, 0.2) is 9.84 Å². The third-order valence-corrected chi connectivity index (χ3v) is 19.0. The maximum atomic E-state index is 14.0. The fraction of sp³-hybridized carbons (Fsp3) is 0.667. The molecule has 4 aliphatic heterocycles. The monoisotopic (exact) mass is 799 g/mol. The minimum Gasteiger partial charge on any atom is -0.490 e. The molecule has 2 aromatic rings. The van der Waals surface area contributed by atoms with Gasteiger partial charge in [-0.15, -0.1) is 0 Å². The molecule has 0 radical (unpaired) electrons. The van der Waals surface area contributed by atoms with Crippen molar-refractivity contribution in [1.82, 2.24) is 9.62 Å². The Hall–Kier alpha value is -2.31. The molecule has 2 spiro atoms. The van der Waals surface area contributed by atoms with Crippen LogP contribution in [0.15, 0.2) is 36.4 Å². The van der Waals surface area contributed by atoms with Gasteiger partial charge in [-0.1, -0.05) is 31.0 Å². The summed E-state index contributed by atoms with van der Waals surface area (Å²) in [6.45, 7) is 8.10. The fourth-order valence-corrected chi connectivity index (χ4v) is 15.0. The van der Waals surface area contributed by atoms with E-state index in [0.717, 1.165) is 100 Å². The van der Waals surface area contributed by atoms with Gasteiger partial charge in [-0.3, -0.25) is 9.52 Å². The number of nitrogens with one attached hydrogen (secondary N) is 1. The van der Waals surface area contributed by atoms with Crippen molar-refractivity contribution in [1.29, 1.82) is 0 Å². The van der Waals surface area contributed by atoms with Crippen LogP contribution < -0.4 is 14.4 Å². The number of sulfone groups is 1. The molecular formula is C42H58ClN3O6S2. The molecular weight excluding hydrogens is 742 g/mol. The third kappa shape index (κ3) is 7.34. The first-order valence-electron chi connectivity index (χ1n) is 20.2. The number of carbonyl (C=O) groups excluding carboxylic acids is 1. The highest BCUT2D eigenvalue weighted by molar-refractivity contribution is 7.99. The molecule has 4 heterocycles. The number of rotatable bonds is 2. The molecule has 8 rings (SSSR count). The number of hydrogen-bond acceptors (Lipinski definition) is 8. The van der Waals surface area contributed by atoms with E-state index in [1.54, 1.807) is 6.07 Å². The summed E-state index contributed by atoms with van der Waals surface area (Å²) >= 11 is 6.50. The highest BCUT2D eigenvalue weighted by Gasteiger charge is 2.51. The predicted octanol–water partition coefficient (Wildman–Crippen LogP) is 6.04.